The highest BCUT2D eigenvalue weighted by Crippen LogP contribution is 2.21. The van der Waals surface area contributed by atoms with E-state index in [1.165, 1.54) is 0 Å². The van der Waals surface area contributed by atoms with Crippen molar-refractivity contribution >= 4 is 17.2 Å². The molecule has 0 aromatic heterocycles. The van der Waals surface area contributed by atoms with E-state index in [0.717, 1.165) is 11.4 Å². The lowest BCUT2D eigenvalue weighted by Crippen LogP contribution is -3.00. The third-order valence-corrected chi connectivity index (χ3v) is 2.77. The molecule has 0 fully saturated rings. The topological polar surface area (TPSA) is 59.2 Å². The molecule has 2 N–H and O–H groups in total. The Kier molecular flexibility index (Phi) is 4.20. The average molecular weight is 286 g/mol. The maximum absolute atomic E-state index is 9.03. The van der Waals surface area contributed by atoms with Crippen molar-refractivity contribution < 1.29 is 17.8 Å². The highest BCUT2D eigenvalue weighted by Gasteiger charge is 2.29. The van der Waals surface area contributed by atoms with Crippen LogP contribution in [-0.2, 0) is 0 Å². The maximum Gasteiger partial charge on any atom is 0.349 e. The van der Waals surface area contributed by atoms with Gasteiger partial charge in [0.05, 0.1) is 5.69 Å². The van der Waals surface area contributed by atoms with Gasteiger partial charge in [0.1, 0.15) is 5.69 Å². The second-order valence-corrected chi connectivity index (χ2v) is 4.03. The molecule has 0 amide bonds. The largest absolute Gasteiger partial charge is 1.00 e. The molecule has 1 aliphatic rings. The van der Waals surface area contributed by atoms with Crippen LogP contribution in [0.3, 0.4) is 0 Å². The molecule has 0 radical (unpaired) electrons. The molecule has 100 valence electrons. The molecule has 2 aromatic rings. The molecule has 3 rings (SSSR count). The number of benzene rings is 2. The Hall–Kier alpha value is -2.55. The Morgan fingerprint density at radius 3 is 2.00 bits per heavy atom. The van der Waals surface area contributed by atoms with Gasteiger partial charge >= 0.3 is 5.84 Å². The lowest BCUT2D eigenvalue weighted by Gasteiger charge is -2.23. The van der Waals surface area contributed by atoms with Gasteiger partial charge in [0.2, 0.25) is 0 Å². The van der Waals surface area contributed by atoms with E-state index in [0.29, 0.717) is 5.84 Å². The number of halogens is 1. The molecular formula is C14H12ClN5. The Balaban J connectivity index is 0.00000147. The highest BCUT2D eigenvalue weighted by molar-refractivity contribution is 5.91. The number of nitrogens with zero attached hydrogens (tertiary/aromatic N) is 4. The summed E-state index contributed by atoms with van der Waals surface area (Å²) >= 11 is 0. The molecule has 2 aromatic carbocycles. The minimum Gasteiger partial charge on any atom is -1.00 e. The number of rotatable bonds is 2. The Labute approximate surface area is 123 Å². The lowest BCUT2D eigenvalue weighted by atomic mass is 10.3. The number of quaternary nitrogens is 1. The zero-order chi connectivity index (χ0) is 13.1. The van der Waals surface area contributed by atoms with E-state index in [1.807, 2.05) is 65.8 Å². The van der Waals surface area contributed by atoms with E-state index in [4.69, 9.17) is 5.26 Å². The van der Waals surface area contributed by atoms with E-state index in [1.54, 1.807) is 10.5 Å². The van der Waals surface area contributed by atoms with Gasteiger partial charge in [0, 0.05) is 0 Å². The van der Waals surface area contributed by atoms with Gasteiger partial charge in [-0.2, -0.15) is 10.7 Å². The number of amidine groups is 1. The molecule has 0 aliphatic carbocycles. The first kappa shape index (κ1) is 13.9. The van der Waals surface area contributed by atoms with Crippen molar-refractivity contribution in [3.63, 3.8) is 0 Å². The van der Waals surface area contributed by atoms with Gasteiger partial charge in [-0.25, -0.2) is 0 Å². The molecule has 1 heterocycles. The van der Waals surface area contributed by atoms with Crippen molar-refractivity contribution in [2.75, 3.05) is 10.2 Å². The third-order valence-electron chi connectivity index (χ3n) is 2.77. The van der Waals surface area contributed by atoms with Crippen LogP contribution in [0.25, 0.3) is 0 Å². The van der Waals surface area contributed by atoms with Gasteiger partial charge in [-0.15, -0.1) is 10.2 Å². The zero-order valence-electron chi connectivity index (χ0n) is 10.5. The second kappa shape index (κ2) is 6.06. The first-order valence-corrected chi connectivity index (χ1v) is 5.91. The van der Waals surface area contributed by atoms with Crippen molar-refractivity contribution in [1.82, 2.24) is 0 Å². The average Bonchev–Trinajstić information content (AvgIpc) is 2.93. The molecule has 0 unspecified atom stereocenters. The zero-order valence-corrected chi connectivity index (χ0v) is 11.3. The highest BCUT2D eigenvalue weighted by atomic mass is 35.5. The predicted molar refractivity (Wildman–Crippen MR) is 72.8 cm³/mol. The standard InChI is InChI=1S/C14H11N5.ClH/c15-11-14-16-18(12-7-3-1-4-8-12)19(17-14)13-9-5-2-6-10-13;/h1-10H,(H,16,17);1H. The number of hydrogen-bond acceptors (Lipinski definition) is 4. The number of hydrazine groups is 1. The molecular weight excluding hydrogens is 274 g/mol. The van der Waals surface area contributed by atoms with E-state index >= 15 is 0 Å². The van der Waals surface area contributed by atoms with Gasteiger partial charge in [-0.1, -0.05) is 41.5 Å². The third kappa shape index (κ3) is 2.57. The normalized spacial score (nSPS) is 13.4. The van der Waals surface area contributed by atoms with Gasteiger partial charge in [-0.05, 0) is 24.3 Å². The fourth-order valence-electron chi connectivity index (χ4n) is 1.91. The lowest BCUT2D eigenvalue weighted by molar-refractivity contribution is -0.544. The molecule has 0 saturated heterocycles. The van der Waals surface area contributed by atoms with Crippen LogP contribution >= 0.6 is 0 Å². The van der Waals surface area contributed by atoms with Crippen molar-refractivity contribution in [3.05, 3.63) is 60.7 Å². The van der Waals surface area contributed by atoms with E-state index in [-0.39, 0.29) is 12.4 Å². The van der Waals surface area contributed by atoms with Crippen LogP contribution in [0.4, 0.5) is 11.4 Å². The van der Waals surface area contributed by atoms with E-state index < -0.39 is 0 Å². The number of hydrazone groups is 1. The van der Waals surface area contributed by atoms with Crippen LogP contribution in [-0.4, -0.2) is 5.84 Å². The smallest absolute Gasteiger partial charge is 0.349 e. The maximum atomic E-state index is 9.03. The summed E-state index contributed by atoms with van der Waals surface area (Å²) in [7, 11) is 0. The summed E-state index contributed by atoms with van der Waals surface area (Å²) in [5, 5.41) is 16.9. The molecule has 20 heavy (non-hydrogen) atoms. The SMILES string of the molecule is N#CC1=NN(c2ccccc2)N(c2ccccc2)[NH2+]1.[Cl-]. The summed E-state index contributed by atoms with van der Waals surface area (Å²) in [4.78, 5) is 0. The van der Waals surface area contributed by atoms with E-state index in [9.17, 15) is 0 Å². The van der Waals surface area contributed by atoms with Crippen LogP contribution in [0, 0.1) is 11.3 Å². The first-order valence-electron chi connectivity index (χ1n) is 5.91. The first-order chi connectivity index (χ1) is 9.38. The van der Waals surface area contributed by atoms with Crippen LogP contribution in [0.15, 0.2) is 65.8 Å². The van der Waals surface area contributed by atoms with Crippen LogP contribution in [0.1, 0.15) is 0 Å². The number of para-hydroxylation sites is 2. The molecule has 0 saturated carbocycles. The number of hydrogen-bond donors (Lipinski definition) is 1. The summed E-state index contributed by atoms with van der Waals surface area (Å²) < 4.78 is 0. The molecule has 0 bridgehead atoms. The Morgan fingerprint density at radius 1 is 0.900 bits per heavy atom. The fraction of sp³-hybridized carbons (Fsp3) is 0. The summed E-state index contributed by atoms with van der Waals surface area (Å²) in [5.74, 6) is 0.382. The van der Waals surface area contributed by atoms with E-state index in [2.05, 4.69) is 11.2 Å². The minimum atomic E-state index is 0. The monoisotopic (exact) mass is 285 g/mol. The predicted octanol–water partition coefficient (Wildman–Crippen LogP) is -1.75. The van der Waals surface area contributed by atoms with Crippen molar-refractivity contribution in [2.45, 2.75) is 0 Å². The quantitative estimate of drug-likeness (QED) is 0.666. The molecule has 6 heteroatoms. The summed E-state index contributed by atoms with van der Waals surface area (Å²) in [5.41, 5.74) is 3.59. The van der Waals surface area contributed by atoms with Crippen molar-refractivity contribution in [1.29, 1.82) is 5.26 Å². The summed E-state index contributed by atoms with van der Waals surface area (Å²) in [6.07, 6.45) is 0. The van der Waals surface area contributed by atoms with Crippen LogP contribution < -0.4 is 28.1 Å². The number of anilines is 2. The van der Waals surface area contributed by atoms with Gasteiger partial charge in [-0.3, -0.25) is 0 Å². The second-order valence-electron chi connectivity index (χ2n) is 4.03. The summed E-state index contributed by atoms with van der Waals surface area (Å²) in [6.45, 7) is 0. The molecule has 0 spiro atoms. The Bertz CT molecular complexity index is 636. The van der Waals surface area contributed by atoms with Crippen LogP contribution in [0.5, 0.6) is 0 Å². The van der Waals surface area contributed by atoms with Crippen LogP contribution in [0.2, 0.25) is 0 Å². The molecule has 1 aliphatic heterocycles. The fourth-order valence-corrected chi connectivity index (χ4v) is 1.91. The number of nitriles is 1. The van der Waals surface area contributed by atoms with Crippen molar-refractivity contribution in [2.24, 2.45) is 5.10 Å². The van der Waals surface area contributed by atoms with Gasteiger partial charge in [0.15, 0.2) is 6.07 Å². The Morgan fingerprint density at radius 2 is 1.45 bits per heavy atom. The summed E-state index contributed by atoms with van der Waals surface area (Å²) in [6, 6.07) is 21.6. The van der Waals surface area contributed by atoms with Gasteiger partial charge < -0.3 is 12.4 Å². The van der Waals surface area contributed by atoms with Gasteiger partial charge in [0.25, 0.3) is 0 Å². The number of nitrogens with two attached hydrogens (primary N) is 1. The molecule has 5 nitrogen and oxygen atoms in total. The van der Waals surface area contributed by atoms with Crippen molar-refractivity contribution in [3.8, 4) is 6.07 Å². The minimum absolute atomic E-state index is 0. The molecule has 0 atom stereocenters.